The molecule has 5 heteroatoms. The summed E-state index contributed by atoms with van der Waals surface area (Å²) >= 11 is 0. The van der Waals surface area contributed by atoms with Crippen molar-refractivity contribution in [3.63, 3.8) is 0 Å². The van der Waals surface area contributed by atoms with E-state index in [1.165, 1.54) is 6.92 Å². The molecule has 1 aliphatic heterocycles. The Morgan fingerprint density at radius 1 is 1.58 bits per heavy atom. The molecule has 0 aromatic heterocycles. The normalized spacial score (nSPS) is 23.6. The summed E-state index contributed by atoms with van der Waals surface area (Å²) < 4.78 is 32.5. The molecule has 0 radical (unpaired) electrons. The Kier molecular flexibility index (Phi) is 1.87. The summed E-state index contributed by atoms with van der Waals surface area (Å²) in [6, 6.07) is 0. The molecule has 1 heterocycles. The second-order valence-corrected chi connectivity index (χ2v) is 2.28. The topological polar surface area (TPSA) is 42.3 Å². The molecule has 1 fully saturated rings. The van der Waals surface area contributed by atoms with Crippen LogP contribution < -0.4 is 0 Å². The lowest BCUT2D eigenvalue weighted by molar-refractivity contribution is -0.326. The van der Waals surface area contributed by atoms with E-state index < -0.39 is 6.29 Å². The standard InChI is InChI=1S/C7H7F2NO2/c1-4(10)3-6-5(2)11-7(8,9)12-6/h3,10H,2H2,1H3/b6-3+,10-4?. The summed E-state index contributed by atoms with van der Waals surface area (Å²) in [6.07, 6.45) is -2.53. The van der Waals surface area contributed by atoms with Gasteiger partial charge in [0.05, 0.1) is 0 Å². The van der Waals surface area contributed by atoms with Crippen molar-refractivity contribution in [3.05, 3.63) is 24.2 Å². The van der Waals surface area contributed by atoms with Crippen molar-refractivity contribution in [3.8, 4) is 0 Å². The Balaban J connectivity index is 2.84. The monoisotopic (exact) mass is 175 g/mol. The second kappa shape index (κ2) is 2.58. The van der Waals surface area contributed by atoms with Crippen LogP contribution in [0.2, 0.25) is 0 Å². The molecule has 0 atom stereocenters. The highest BCUT2D eigenvalue weighted by Gasteiger charge is 2.44. The largest absolute Gasteiger partial charge is 0.586 e. The van der Waals surface area contributed by atoms with Crippen molar-refractivity contribution in [1.82, 2.24) is 0 Å². The van der Waals surface area contributed by atoms with Crippen LogP contribution in [0.3, 0.4) is 0 Å². The van der Waals surface area contributed by atoms with Crippen LogP contribution in [0, 0.1) is 5.41 Å². The number of ether oxygens (including phenoxy) is 2. The Morgan fingerprint density at radius 3 is 2.50 bits per heavy atom. The molecule has 1 saturated heterocycles. The minimum absolute atomic E-state index is 0.0902. The predicted octanol–water partition coefficient (Wildman–Crippen LogP) is 2.02. The van der Waals surface area contributed by atoms with Gasteiger partial charge in [-0.1, -0.05) is 6.58 Å². The molecule has 66 valence electrons. The van der Waals surface area contributed by atoms with Crippen molar-refractivity contribution in [2.75, 3.05) is 0 Å². The molecule has 1 rings (SSSR count). The third kappa shape index (κ3) is 1.81. The molecule has 0 spiro atoms. The molecule has 0 aliphatic carbocycles. The van der Waals surface area contributed by atoms with Gasteiger partial charge in [-0.15, -0.1) is 8.78 Å². The van der Waals surface area contributed by atoms with Gasteiger partial charge < -0.3 is 14.9 Å². The molecular weight excluding hydrogens is 168 g/mol. The maximum absolute atomic E-state index is 12.3. The fraction of sp³-hybridized carbons (Fsp3) is 0.286. The quantitative estimate of drug-likeness (QED) is 0.619. The lowest BCUT2D eigenvalue weighted by Crippen LogP contribution is -2.14. The minimum Gasteiger partial charge on any atom is -0.396 e. The molecule has 0 aromatic carbocycles. The van der Waals surface area contributed by atoms with Gasteiger partial charge in [-0.25, -0.2) is 0 Å². The van der Waals surface area contributed by atoms with E-state index >= 15 is 0 Å². The van der Waals surface area contributed by atoms with Gasteiger partial charge in [-0.05, 0) is 6.92 Å². The van der Waals surface area contributed by atoms with Crippen molar-refractivity contribution in [2.24, 2.45) is 0 Å². The fourth-order valence-electron chi connectivity index (χ4n) is 0.706. The Bertz CT molecular complexity index is 271. The Morgan fingerprint density at radius 2 is 2.17 bits per heavy atom. The average Bonchev–Trinajstić information content (AvgIpc) is 2.03. The van der Waals surface area contributed by atoms with Gasteiger partial charge in [0.1, 0.15) is 0 Å². The summed E-state index contributed by atoms with van der Waals surface area (Å²) in [4.78, 5) is 0. The first kappa shape index (κ1) is 8.70. The Labute approximate surface area is 67.8 Å². The summed E-state index contributed by atoms with van der Waals surface area (Å²) in [6.45, 7) is 4.62. The van der Waals surface area contributed by atoms with Gasteiger partial charge in [0.2, 0.25) is 0 Å². The number of hydrogen-bond donors (Lipinski definition) is 1. The second-order valence-electron chi connectivity index (χ2n) is 2.28. The van der Waals surface area contributed by atoms with Crippen LogP contribution in [0.25, 0.3) is 0 Å². The first-order chi connectivity index (χ1) is 5.41. The predicted molar refractivity (Wildman–Crippen MR) is 37.7 cm³/mol. The molecule has 3 nitrogen and oxygen atoms in total. The third-order valence-electron chi connectivity index (χ3n) is 1.09. The van der Waals surface area contributed by atoms with Crippen LogP contribution in [0.4, 0.5) is 8.78 Å². The maximum Gasteiger partial charge on any atom is 0.586 e. The number of allylic oxidation sites excluding steroid dienone is 1. The van der Waals surface area contributed by atoms with E-state index in [-0.39, 0.29) is 17.2 Å². The first-order valence-electron chi connectivity index (χ1n) is 3.13. The van der Waals surface area contributed by atoms with E-state index in [2.05, 4.69) is 16.1 Å². The Hall–Kier alpha value is -1.39. The summed E-state index contributed by atoms with van der Waals surface area (Å²) in [5.41, 5.74) is 0.0902. The summed E-state index contributed by atoms with van der Waals surface area (Å²) in [5.74, 6) is -0.459. The number of hydrogen-bond acceptors (Lipinski definition) is 3. The van der Waals surface area contributed by atoms with Crippen LogP contribution in [0.5, 0.6) is 0 Å². The molecule has 0 amide bonds. The van der Waals surface area contributed by atoms with Gasteiger partial charge in [0.15, 0.2) is 11.5 Å². The minimum atomic E-state index is -3.64. The third-order valence-corrected chi connectivity index (χ3v) is 1.09. The smallest absolute Gasteiger partial charge is 0.396 e. The van der Waals surface area contributed by atoms with Crippen LogP contribution in [-0.4, -0.2) is 12.0 Å². The van der Waals surface area contributed by atoms with Crippen molar-refractivity contribution >= 4 is 5.71 Å². The SMILES string of the molecule is C=C1OC(F)(F)O/C1=C/C(C)=N. The number of halogens is 2. The fourth-order valence-corrected chi connectivity index (χ4v) is 0.706. The van der Waals surface area contributed by atoms with Gasteiger partial charge >= 0.3 is 6.29 Å². The molecule has 0 aromatic rings. The zero-order chi connectivity index (χ0) is 9.35. The van der Waals surface area contributed by atoms with E-state index in [1.54, 1.807) is 0 Å². The maximum atomic E-state index is 12.3. The summed E-state index contributed by atoms with van der Waals surface area (Å²) in [7, 11) is 0. The molecular formula is C7H7F2NO2. The van der Waals surface area contributed by atoms with Crippen LogP contribution >= 0.6 is 0 Å². The zero-order valence-electron chi connectivity index (χ0n) is 6.36. The highest BCUT2D eigenvalue weighted by molar-refractivity contribution is 5.90. The average molecular weight is 175 g/mol. The number of alkyl halides is 2. The van der Waals surface area contributed by atoms with Crippen LogP contribution in [-0.2, 0) is 9.47 Å². The summed E-state index contributed by atoms with van der Waals surface area (Å²) in [5, 5.41) is 6.98. The highest BCUT2D eigenvalue weighted by Crippen LogP contribution is 2.35. The van der Waals surface area contributed by atoms with Crippen molar-refractivity contribution < 1.29 is 18.3 Å². The molecule has 1 N–H and O–H groups in total. The van der Waals surface area contributed by atoms with Gasteiger partial charge in [0.25, 0.3) is 0 Å². The number of rotatable bonds is 1. The molecule has 12 heavy (non-hydrogen) atoms. The van der Waals surface area contributed by atoms with Gasteiger partial charge in [-0.2, -0.15) is 0 Å². The lowest BCUT2D eigenvalue weighted by atomic mass is 10.3. The van der Waals surface area contributed by atoms with E-state index in [0.29, 0.717) is 0 Å². The van der Waals surface area contributed by atoms with Crippen molar-refractivity contribution in [2.45, 2.75) is 13.2 Å². The molecule has 0 bridgehead atoms. The van der Waals surface area contributed by atoms with E-state index in [4.69, 9.17) is 5.41 Å². The van der Waals surface area contributed by atoms with Crippen LogP contribution in [0.1, 0.15) is 6.92 Å². The van der Waals surface area contributed by atoms with Crippen molar-refractivity contribution in [1.29, 1.82) is 5.41 Å². The van der Waals surface area contributed by atoms with E-state index in [9.17, 15) is 8.78 Å². The molecule has 0 unspecified atom stereocenters. The van der Waals surface area contributed by atoms with E-state index in [1.807, 2.05) is 0 Å². The highest BCUT2D eigenvalue weighted by atomic mass is 19.3. The van der Waals surface area contributed by atoms with Crippen LogP contribution in [0.15, 0.2) is 24.2 Å². The zero-order valence-corrected chi connectivity index (χ0v) is 6.36. The van der Waals surface area contributed by atoms with Gasteiger partial charge in [-0.3, -0.25) is 0 Å². The molecule has 1 aliphatic rings. The molecule has 0 saturated carbocycles. The number of nitrogens with one attached hydrogen (secondary N) is 1. The van der Waals surface area contributed by atoms with Gasteiger partial charge in [0, 0.05) is 11.8 Å². The van der Waals surface area contributed by atoms with E-state index in [0.717, 1.165) is 6.08 Å². The first-order valence-corrected chi connectivity index (χ1v) is 3.13. The lowest BCUT2D eigenvalue weighted by Gasteiger charge is -2.03.